The summed E-state index contributed by atoms with van der Waals surface area (Å²) in [5.74, 6) is 0.556. The molecule has 2 heterocycles. The first kappa shape index (κ1) is 20.6. The fourth-order valence-electron chi connectivity index (χ4n) is 6.61. The second-order valence-corrected chi connectivity index (χ2v) is 11.7. The summed E-state index contributed by atoms with van der Waals surface area (Å²) < 4.78 is 80.1. The highest BCUT2D eigenvalue weighted by atomic mass is 16.3. The van der Waals surface area contributed by atoms with Crippen molar-refractivity contribution in [2.45, 2.75) is 0 Å². The standard InChI is InChI=1S/C45H27N3O/c1-2-14-30(15-3-1)43-46-44(48-45(47-43)37-23-11-17-29-13-5-7-19-33(29)37)31-24-25-40-39(26-31)42-36-21-9-8-20-35(36)38(27-41(42)49-40)34-22-10-16-28-12-4-6-18-32(28)34/h1-27H/i8D,9D,20D,21D,24D,25D,26D,27D. The molecule has 0 saturated carbocycles. The molecule has 0 spiro atoms. The first-order chi connectivity index (χ1) is 27.6. The van der Waals surface area contributed by atoms with E-state index in [0.717, 1.165) is 21.5 Å². The number of aromatic nitrogens is 3. The molecule has 0 saturated heterocycles. The SMILES string of the molecule is [2H]c1c(-c2nc(-c3ccccc3)nc(-c3cccc4ccccc34)n2)c([2H])c2c(oc3c([2H])c(-c4cccc5ccccc45)c4c([2H])c([2H])c([2H])c([2H])c4c32)c1[2H]. The third-order valence-corrected chi connectivity index (χ3v) is 8.87. The van der Waals surface area contributed by atoms with Crippen LogP contribution in [0.25, 0.3) is 99.5 Å². The van der Waals surface area contributed by atoms with Gasteiger partial charge in [-0.3, -0.25) is 0 Å². The minimum Gasteiger partial charge on any atom is -0.456 e. The Hall–Kier alpha value is -6.65. The molecule has 0 aliphatic rings. The third-order valence-electron chi connectivity index (χ3n) is 8.87. The number of benzene rings is 8. The van der Waals surface area contributed by atoms with E-state index in [1.165, 1.54) is 0 Å². The molecule has 0 bridgehead atoms. The average Bonchev–Trinajstić information content (AvgIpc) is 3.66. The van der Waals surface area contributed by atoms with Crippen LogP contribution >= 0.6 is 0 Å². The first-order valence-electron chi connectivity index (χ1n) is 19.8. The van der Waals surface area contributed by atoms with E-state index in [1.807, 2.05) is 109 Å². The summed E-state index contributed by atoms with van der Waals surface area (Å²) in [6, 6.07) is 33.0. The molecule has 0 unspecified atom stereocenters. The highest BCUT2D eigenvalue weighted by Gasteiger charge is 2.19. The van der Waals surface area contributed by atoms with Gasteiger partial charge in [0.2, 0.25) is 0 Å². The van der Waals surface area contributed by atoms with Gasteiger partial charge < -0.3 is 4.42 Å². The number of rotatable bonds is 4. The van der Waals surface area contributed by atoms with E-state index in [9.17, 15) is 8.22 Å². The smallest absolute Gasteiger partial charge is 0.164 e. The molecule has 10 rings (SSSR count). The monoisotopic (exact) mass is 633 g/mol. The Morgan fingerprint density at radius 3 is 1.80 bits per heavy atom. The van der Waals surface area contributed by atoms with E-state index in [-0.39, 0.29) is 85.9 Å². The van der Waals surface area contributed by atoms with Gasteiger partial charge in [-0.2, -0.15) is 0 Å². The lowest BCUT2D eigenvalue weighted by molar-refractivity contribution is 0.669. The maximum absolute atomic E-state index is 9.77. The van der Waals surface area contributed by atoms with Crippen LogP contribution < -0.4 is 0 Å². The molecule has 4 heteroatoms. The summed E-state index contributed by atoms with van der Waals surface area (Å²) in [7, 11) is 0. The molecule has 0 radical (unpaired) electrons. The van der Waals surface area contributed by atoms with Crippen LogP contribution in [0.5, 0.6) is 0 Å². The largest absolute Gasteiger partial charge is 0.456 e. The van der Waals surface area contributed by atoms with Crippen LogP contribution in [0, 0.1) is 0 Å². The van der Waals surface area contributed by atoms with Crippen molar-refractivity contribution >= 4 is 54.3 Å². The Morgan fingerprint density at radius 1 is 0.408 bits per heavy atom. The van der Waals surface area contributed by atoms with Gasteiger partial charge in [-0.15, -0.1) is 0 Å². The van der Waals surface area contributed by atoms with Gasteiger partial charge in [0.25, 0.3) is 0 Å². The molecule has 0 amide bonds. The quantitative estimate of drug-likeness (QED) is 0.193. The lowest BCUT2D eigenvalue weighted by Crippen LogP contribution is -2.00. The Bertz CT molecular complexity index is 3340. The van der Waals surface area contributed by atoms with Gasteiger partial charge in [-0.05, 0) is 67.6 Å². The number of hydrogen-bond acceptors (Lipinski definition) is 4. The van der Waals surface area contributed by atoms with Crippen LogP contribution in [0.3, 0.4) is 0 Å². The normalized spacial score (nSPS) is 14.0. The second-order valence-electron chi connectivity index (χ2n) is 11.7. The highest BCUT2D eigenvalue weighted by Crippen LogP contribution is 2.42. The van der Waals surface area contributed by atoms with Crippen molar-refractivity contribution in [1.29, 1.82) is 0 Å². The minimum absolute atomic E-state index is 0.0161. The third kappa shape index (κ3) is 4.49. The van der Waals surface area contributed by atoms with Gasteiger partial charge >= 0.3 is 0 Å². The summed E-state index contributed by atoms with van der Waals surface area (Å²) >= 11 is 0. The molecule has 49 heavy (non-hydrogen) atoms. The summed E-state index contributed by atoms with van der Waals surface area (Å²) in [4.78, 5) is 14.5. The minimum atomic E-state index is -0.496. The topological polar surface area (TPSA) is 51.8 Å². The molecular formula is C45H27N3O. The molecular weight excluding hydrogens is 599 g/mol. The zero-order valence-corrected chi connectivity index (χ0v) is 25.7. The predicted molar refractivity (Wildman–Crippen MR) is 201 cm³/mol. The number of hydrogen-bond donors (Lipinski definition) is 0. The summed E-state index contributed by atoms with van der Waals surface area (Å²) in [5, 5.41) is 3.71. The molecule has 0 atom stereocenters. The lowest BCUT2D eigenvalue weighted by Gasteiger charge is -2.11. The number of furan rings is 1. The van der Waals surface area contributed by atoms with E-state index < -0.39 is 12.1 Å². The fraction of sp³-hybridized carbons (Fsp3) is 0. The summed E-state index contributed by atoms with van der Waals surface area (Å²) in [6.45, 7) is 0. The lowest BCUT2D eigenvalue weighted by atomic mass is 9.92. The molecule has 0 aliphatic heterocycles. The van der Waals surface area contributed by atoms with Crippen LogP contribution in [0.4, 0.5) is 0 Å². The maximum atomic E-state index is 9.77. The van der Waals surface area contributed by atoms with Crippen molar-refractivity contribution in [3.05, 3.63) is 164 Å². The Morgan fingerprint density at radius 2 is 1.02 bits per heavy atom. The van der Waals surface area contributed by atoms with Gasteiger partial charge in [0.1, 0.15) is 11.2 Å². The maximum Gasteiger partial charge on any atom is 0.164 e. The van der Waals surface area contributed by atoms with Crippen molar-refractivity contribution in [2.24, 2.45) is 0 Å². The molecule has 0 N–H and O–H groups in total. The van der Waals surface area contributed by atoms with E-state index in [4.69, 9.17) is 22.1 Å². The summed E-state index contributed by atoms with van der Waals surface area (Å²) in [5.41, 5.74) is 1.85. The van der Waals surface area contributed by atoms with Crippen LogP contribution in [0.1, 0.15) is 11.0 Å². The number of nitrogens with zero attached hydrogens (tertiary/aromatic N) is 3. The van der Waals surface area contributed by atoms with Crippen molar-refractivity contribution in [1.82, 2.24) is 15.0 Å². The zero-order chi connectivity index (χ0) is 39.3. The molecule has 10 aromatic rings. The van der Waals surface area contributed by atoms with Gasteiger partial charge in [-0.25, -0.2) is 15.0 Å². The van der Waals surface area contributed by atoms with Gasteiger partial charge in [0, 0.05) is 27.5 Å². The van der Waals surface area contributed by atoms with Gasteiger partial charge in [-0.1, -0.05) is 139 Å². The van der Waals surface area contributed by atoms with Crippen molar-refractivity contribution in [2.75, 3.05) is 0 Å². The predicted octanol–water partition coefficient (Wildman–Crippen LogP) is 11.9. The molecule has 0 aliphatic carbocycles. The Labute approximate surface area is 293 Å². The van der Waals surface area contributed by atoms with E-state index in [2.05, 4.69) is 0 Å². The molecule has 8 aromatic carbocycles. The first-order valence-corrected chi connectivity index (χ1v) is 15.8. The fourth-order valence-corrected chi connectivity index (χ4v) is 6.61. The van der Waals surface area contributed by atoms with Crippen molar-refractivity contribution < 1.29 is 15.4 Å². The second kappa shape index (κ2) is 11.0. The number of fused-ring (bicyclic) bond motifs is 7. The van der Waals surface area contributed by atoms with Crippen LogP contribution in [0.2, 0.25) is 0 Å². The molecule has 4 nitrogen and oxygen atoms in total. The molecule has 0 fully saturated rings. The van der Waals surface area contributed by atoms with Gasteiger partial charge in [0.15, 0.2) is 17.5 Å². The molecule has 228 valence electrons. The van der Waals surface area contributed by atoms with Crippen LogP contribution in [-0.4, -0.2) is 15.0 Å². The average molecular weight is 634 g/mol. The van der Waals surface area contributed by atoms with E-state index >= 15 is 0 Å². The summed E-state index contributed by atoms with van der Waals surface area (Å²) in [6.07, 6.45) is 0. The van der Waals surface area contributed by atoms with Crippen LogP contribution in [-0.2, 0) is 0 Å². The van der Waals surface area contributed by atoms with Gasteiger partial charge in [0.05, 0.1) is 11.0 Å². The van der Waals surface area contributed by atoms with Crippen molar-refractivity contribution in [3.63, 3.8) is 0 Å². The van der Waals surface area contributed by atoms with E-state index in [1.54, 1.807) is 6.07 Å². The Kier molecular flexibility index (Phi) is 4.60. The molecule has 2 aromatic heterocycles. The van der Waals surface area contributed by atoms with E-state index in [0.29, 0.717) is 28.3 Å². The van der Waals surface area contributed by atoms with Crippen LogP contribution in [0.15, 0.2) is 168 Å². The zero-order valence-electron chi connectivity index (χ0n) is 33.7. The van der Waals surface area contributed by atoms with Crippen molar-refractivity contribution in [3.8, 4) is 45.3 Å². The highest BCUT2D eigenvalue weighted by molar-refractivity contribution is 6.23. The Balaban J connectivity index is 1.35.